The largest absolute Gasteiger partial charge is 0.495 e. The summed E-state index contributed by atoms with van der Waals surface area (Å²) < 4.78 is 7.05. The van der Waals surface area contributed by atoms with Crippen molar-refractivity contribution in [3.8, 4) is 11.4 Å². The molecule has 0 aliphatic heterocycles. The van der Waals surface area contributed by atoms with Gasteiger partial charge in [0.15, 0.2) is 5.16 Å². The number of aromatic nitrogens is 2. The summed E-state index contributed by atoms with van der Waals surface area (Å²) in [5, 5.41) is 4.01. The van der Waals surface area contributed by atoms with E-state index in [1.165, 1.54) is 11.8 Å². The number of carbonyl (C=O) groups excluding carboxylic acids is 1. The van der Waals surface area contributed by atoms with Crippen LogP contribution in [0.4, 0.5) is 0 Å². The molecule has 2 aromatic carbocycles. The minimum absolute atomic E-state index is 0.0705. The molecule has 0 saturated carbocycles. The quantitative estimate of drug-likeness (QED) is 0.434. The van der Waals surface area contributed by atoms with Crippen molar-refractivity contribution in [3.63, 3.8) is 0 Å². The summed E-state index contributed by atoms with van der Waals surface area (Å²) in [4.78, 5) is 30.5. The number of methoxy groups -OCH3 is 1. The zero-order valence-corrected chi connectivity index (χ0v) is 18.6. The molecule has 1 amide bonds. The third kappa shape index (κ3) is 4.67. The first-order valence-corrected chi connectivity index (χ1v) is 11.1. The molecule has 0 aliphatic carbocycles. The number of para-hydroxylation sites is 1. The maximum atomic E-state index is 13.4. The molecule has 1 N–H and O–H groups in total. The highest BCUT2D eigenvalue weighted by atomic mass is 32.2. The Balaban J connectivity index is 2.07. The van der Waals surface area contributed by atoms with Gasteiger partial charge >= 0.3 is 0 Å². The standard InChI is InChI=1S/C23H27N3O3S/c1-5-16(6-2)24-21(27)14-30-23-25-18-10-8-7-9-17(18)22(28)26(23)19-13-15(3)11-12-20(19)29-4/h7-13,16H,5-6,14H2,1-4H3,(H,24,27). The molecule has 158 valence electrons. The molecule has 30 heavy (non-hydrogen) atoms. The summed E-state index contributed by atoms with van der Waals surface area (Å²) in [5.74, 6) is 0.678. The Morgan fingerprint density at radius 1 is 1.20 bits per heavy atom. The normalized spacial score (nSPS) is 11.1. The Labute approximate surface area is 180 Å². The van der Waals surface area contributed by atoms with E-state index in [9.17, 15) is 9.59 Å². The zero-order chi connectivity index (χ0) is 21.7. The van der Waals surface area contributed by atoms with Crippen molar-refractivity contribution >= 4 is 28.6 Å². The Morgan fingerprint density at radius 3 is 2.63 bits per heavy atom. The number of amides is 1. The molecule has 0 radical (unpaired) electrons. The first-order chi connectivity index (χ1) is 14.5. The monoisotopic (exact) mass is 425 g/mol. The first kappa shape index (κ1) is 21.9. The van der Waals surface area contributed by atoms with Gasteiger partial charge in [-0.1, -0.05) is 43.8 Å². The fourth-order valence-corrected chi connectivity index (χ4v) is 4.11. The van der Waals surface area contributed by atoms with Gasteiger partial charge < -0.3 is 10.1 Å². The van der Waals surface area contributed by atoms with E-state index in [1.807, 2.05) is 57.2 Å². The SMILES string of the molecule is CCC(CC)NC(=O)CSc1nc2ccccc2c(=O)n1-c1cc(C)ccc1OC. The number of thioether (sulfide) groups is 1. The van der Waals surface area contributed by atoms with Crippen LogP contribution in [0.3, 0.4) is 0 Å². The fourth-order valence-electron chi connectivity index (χ4n) is 3.29. The van der Waals surface area contributed by atoms with Gasteiger partial charge in [-0.05, 0) is 49.6 Å². The van der Waals surface area contributed by atoms with Crippen LogP contribution in [-0.2, 0) is 4.79 Å². The van der Waals surface area contributed by atoms with Crippen LogP contribution in [0.25, 0.3) is 16.6 Å². The molecular weight excluding hydrogens is 398 g/mol. The van der Waals surface area contributed by atoms with E-state index in [-0.39, 0.29) is 23.3 Å². The minimum atomic E-state index is -0.188. The van der Waals surface area contributed by atoms with Crippen molar-refractivity contribution < 1.29 is 9.53 Å². The van der Waals surface area contributed by atoms with Crippen LogP contribution in [0.15, 0.2) is 52.4 Å². The summed E-state index contributed by atoms with van der Waals surface area (Å²) in [6.07, 6.45) is 1.76. The third-order valence-corrected chi connectivity index (χ3v) is 5.94. The van der Waals surface area contributed by atoms with Gasteiger partial charge in [0.1, 0.15) is 5.75 Å². The number of ether oxygens (including phenoxy) is 1. The van der Waals surface area contributed by atoms with Crippen LogP contribution >= 0.6 is 11.8 Å². The molecular formula is C23H27N3O3S. The highest BCUT2D eigenvalue weighted by Gasteiger charge is 2.18. The van der Waals surface area contributed by atoms with E-state index in [2.05, 4.69) is 5.32 Å². The maximum absolute atomic E-state index is 13.4. The van der Waals surface area contributed by atoms with Crippen LogP contribution < -0.4 is 15.6 Å². The molecule has 0 atom stereocenters. The van der Waals surface area contributed by atoms with Gasteiger partial charge in [-0.25, -0.2) is 4.98 Å². The van der Waals surface area contributed by atoms with E-state index in [0.717, 1.165) is 18.4 Å². The predicted molar refractivity (Wildman–Crippen MR) is 122 cm³/mol. The highest BCUT2D eigenvalue weighted by molar-refractivity contribution is 7.99. The lowest BCUT2D eigenvalue weighted by Crippen LogP contribution is -2.35. The molecule has 0 saturated heterocycles. The number of carbonyl (C=O) groups is 1. The van der Waals surface area contributed by atoms with Gasteiger partial charge in [-0.2, -0.15) is 0 Å². The van der Waals surface area contributed by atoms with E-state index >= 15 is 0 Å². The van der Waals surface area contributed by atoms with E-state index in [1.54, 1.807) is 17.7 Å². The second-order valence-electron chi connectivity index (χ2n) is 7.10. The lowest BCUT2D eigenvalue weighted by Gasteiger charge is -2.17. The molecule has 3 rings (SSSR count). The van der Waals surface area contributed by atoms with Crippen molar-refractivity contribution in [2.45, 2.75) is 44.8 Å². The second kappa shape index (κ2) is 9.80. The van der Waals surface area contributed by atoms with Gasteiger partial charge in [-0.15, -0.1) is 0 Å². The van der Waals surface area contributed by atoms with E-state index in [4.69, 9.17) is 9.72 Å². The lowest BCUT2D eigenvalue weighted by molar-refractivity contribution is -0.119. The first-order valence-electron chi connectivity index (χ1n) is 10.1. The summed E-state index contributed by atoms with van der Waals surface area (Å²) in [6.45, 7) is 6.06. The Hall–Kier alpha value is -2.80. The lowest BCUT2D eigenvalue weighted by atomic mass is 10.2. The average molecular weight is 426 g/mol. The van der Waals surface area contributed by atoms with Gasteiger partial charge in [0, 0.05) is 6.04 Å². The Kier molecular flexibility index (Phi) is 7.15. The Morgan fingerprint density at radius 2 is 1.93 bits per heavy atom. The van der Waals surface area contributed by atoms with Crippen LogP contribution in [0.1, 0.15) is 32.3 Å². The number of hydrogen-bond donors (Lipinski definition) is 1. The molecule has 6 nitrogen and oxygen atoms in total. The van der Waals surface area contributed by atoms with Crippen molar-refractivity contribution in [1.29, 1.82) is 0 Å². The number of aryl methyl sites for hydroxylation is 1. The summed E-state index contributed by atoms with van der Waals surface area (Å²) >= 11 is 1.25. The number of benzene rings is 2. The predicted octanol–water partition coefficient (Wildman–Crippen LogP) is 4.10. The molecule has 0 bridgehead atoms. The number of rotatable bonds is 8. The average Bonchev–Trinajstić information content (AvgIpc) is 2.76. The topological polar surface area (TPSA) is 73.2 Å². The summed E-state index contributed by atoms with van der Waals surface area (Å²) in [6, 6.07) is 13.0. The second-order valence-corrected chi connectivity index (χ2v) is 8.04. The molecule has 0 aliphatic rings. The zero-order valence-electron chi connectivity index (χ0n) is 17.8. The van der Waals surface area contributed by atoms with E-state index < -0.39 is 0 Å². The van der Waals surface area contributed by atoms with Crippen LogP contribution in [0.5, 0.6) is 5.75 Å². The van der Waals surface area contributed by atoms with Gasteiger partial charge in [0.05, 0.1) is 29.5 Å². The summed E-state index contributed by atoms with van der Waals surface area (Å²) in [7, 11) is 1.57. The van der Waals surface area contributed by atoms with Crippen molar-refractivity contribution in [3.05, 3.63) is 58.4 Å². The van der Waals surface area contributed by atoms with Crippen LogP contribution in [-0.4, -0.2) is 34.4 Å². The van der Waals surface area contributed by atoms with Gasteiger partial charge in [0.2, 0.25) is 5.91 Å². The molecule has 1 aromatic heterocycles. The molecule has 1 heterocycles. The van der Waals surface area contributed by atoms with Crippen LogP contribution in [0.2, 0.25) is 0 Å². The fraction of sp³-hybridized carbons (Fsp3) is 0.348. The van der Waals surface area contributed by atoms with Crippen molar-refractivity contribution in [2.24, 2.45) is 0 Å². The van der Waals surface area contributed by atoms with Crippen LogP contribution in [0, 0.1) is 6.92 Å². The summed E-state index contributed by atoms with van der Waals surface area (Å²) in [5.41, 5.74) is 2.03. The highest BCUT2D eigenvalue weighted by Crippen LogP contribution is 2.28. The van der Waals surface area contributed by atoms with Gasteiger partial charge in [0.25, 0.3) is 5.56 Å². The third-order valence-electron chi connectivity index (χ3n) is 5.00. The number of hydrogen-bond acceptors (Lipinski definition) is 5. The van der Waals surface area contributed by atoms with Gasteiger partial charge in [-0.3, -0.25) is 14.2 Å². The smallest absolute Gasteiger partial charge is 0.266 e. The maximum Gasteiger partial charge on any atom is 0.266 e. The number of nitrogens with zero attached hydrogens (tertiary/aromatic N) is 2. The van der Waals surface area contributed by atoms with Crippen molar-refractivity contribution in [1.82, 2.24) is 14.9 Å². The minimum Gasteiger partial charge on any atom is -0.495 e. The molecule has 0 spiro atoms. The molecule has 0 fully saturated rings. The Bertz CT molecular complexity index is 1110. The number of nitrogens with one attached hydrogen (secondary N) is 1. The molecule has 3 aromatic rings. The number of fused-ring (bicyclic) bond motifs is 1. The molecule has 7 heteroatoms. The van der Waals surface area contributed by atoms with Crippen molar-refractivity contribution in [2.75, 3.05) is 12.9 Å². The van der Waals surface area contributed by atoms with E-state index in [0.29, 0.717) is 27.5 Å². The molecule has 0 unspecified atom stereocenters.